The Bertz CT molecular complexity index is 1620. The zero-order valence-corrected chi connectivity index (χ0v) is 22.3. The fourth-order valence-electron chi connectivity index (χ4n) is 4.56. The molecule has 2 amide bonds. The highest BCUT2D eigenvalue weighted by atomic mass is 35.5. The lowest BCUT2D eigenvalue weighted by Crippen LogP contribution is -2.41. The van der Waals surface area contributed by atoms with Gasteiger partial charge in [0.05, 0.1) is 28.0 Å². The van der Waals surface area contributed by atoms with E-state index in [1.165, 1.54) is 50.4 Å². The fraction of sp³-hybridized carbons (Fsp3) is 0.179. The number of alkyl halides is 2. The fourth-order valence-corrected chi connectivity index (χ4v) is 4.85. The van der Waals surface area contributed by atoms with Crippen LogP contribution in [0, 0.1) is 0 Å². The Morgan fingerprint density at radius 3 is 2.35 bits per heavy atom. The van der Waals surface area contributed by atoms with Gasteiger partial charge in [0.15, 0.2) is 0 Å². The third-order valence-corrected chi connectivity index (χ3v) is 7.20. The highest BCUT2D eigenvalue weighted by Crippen LogP contribution is 2.26. The first-order valence-electron chi connectivity index (χ1n) is 12.2. The van der Waals surface area contributed by atoms with Gasteiger partial charge in [0.1, 0.15) is 11.4 Å². The maximum absolute atomic E-state index is 13.6. The van der Waals surface area contributed by atoms with Crippen molar-refractivity contribution < 1.29 is 23.1 Å². The number of nitrogens with zero attached hydrogens (tertiary/aromatic N) is 3. The molecule has 12 heteroatoms. The number of imidazole rings is 1. The third-order valence-electron chi connectivity index (χ3n) is 6.46. The van der Waals surface area contributed by atoms with Gasteiger partial charge in [0, 0.05) is 25.2 Å². The molecule has 206 valence electrons. The van der Waals surface area contributed by atoms with Gasteiger partial charge in [-0.1, -0.05) is 53.5 Å². The Morgan fingerprint density at radius 1 is 0.950 bits per heavy atom. The number of nitrogens with one attached hydrogen (secondary N) is 1. The molecule has 0 unspecified atom stereocenters. The summed E-state index contributed by atoms with van der Waals surface area (Å²) in [5.74, 6) is -0.968. The van der Waals surface area contributed by atoms with Crippen molar-refractivity contribution >= 4 is 35.0 Å². The lowest BCUT2D eigenvalue weighted by Gasteiger charge is -2.28. The minimum absolute atomic E-state index is 0.0258. The van der Waals surface area contributed by atoms with Gasteiger partial charge < -0.3 is 15.0 Å². The minimum atomic E-state index is -3.01. The maximum Gasteiger partial charge on any atom is 0.387 e. The molecule has 0 spiro atoms. The molecule has 0 saturated carbocycles. The molecule has 4 aromatic rings. The van der Waals surface area contributed by atoms with E-state index in [0.717, 1.165) is 5.56 Å². The van der Waals surface area contributed by atoms with E-state index in [-0.39, 0.29) is 54.2 Å². The molecule has 5 rings (SSSR count). The van der Waals surface area contributed by atoms with E-state index in [9.17, 15) is 23.2 Å². The second-order valence-corrected chi connectivity index (χ2v) is 9.78. The minimum Gasteiger partial charge on any atom is -0.435 e. The average molecular weight is 587 g/mol. The second kappa shape index (κ2) is 11.5. The van der Waals surface area contributed by atoms with Gasteiger partial charge in [-0.2, -0.15) is 8.78 Å². The van der Waals surface area contributed by atoms with Gasteiger partial charge in [-0.15, -0.1) is 0 Å². The van der Waals surface area contributed by atoms with Gasteiger partial charge in [0.25, 0.3) is 11.8 Å². The lowest BCUT2D eigenvalue weighted by atomic mass is 10.1. The number of amides is 2. The molecule has 0 saturated heterocycles. The van der Waals surface area contributed by atoms with Crippen LogP contribution < -0.4 is 15.7 Å². The highest BCUT2D eigenvalue weighted by molar-refractivity contribution is 6.42. The summed E-state index contributed by atoms with van der Waals surface area (Å²) in [5.41, 5.74) is 1.32. The van der Waals surface area contributed by atoms with Crippen LogP contribution in [0.2, 0.25) is 10.0 Å². The predicted molar refractivity (Wildman–Crippen MR) is 145 cm³/mol. The number of fused-ring (bicyclic) bond motifs is 1. The first-order valence-corrected chi connectivity index (χ1v) is 12.9. The van der Waals surface area contributed by atoms with E-state index in [0.29, 0.717) is 16.3 Å². The number of aromatic nitrogens is 2. The summed E-state index contributed by atoms with van der Waals surface area (Å²) in [6.07, 6.45) is 0. The van der Waals surface area contributed by atoms with Crippen molar-refractivity contribution in [3.05, 3.63) is 116 Å². The number of ether oxygens (including phenoxy) is 1. The number of rotatable bonds is 7. The van der Waals surface area contributed by atoms with E-state index in [4.69, 9.17) is 23.2 Å². The predicted octanol–water partition coefficient (Wildman–Crippen LogP) is 5.13. The molecule has 0 radical (unpaired) electrons. The van der Waals surface area contributed by atoms with Crippen LogP contribution in [0.4, 0.5) is 8.78 Å². The normalized spacial score (nSPS) is 12.8. The molecular formula is C28H22Cl2F2N4O4. The summed E-state index contributed by atoms with van der Waals surface area (Å²) < 4.78 is 32.4. The van der Waals surface area contributed by atoms with Crippen molar-refractivity contribution in [1.82, 2.24) is 19.4 Å². The summed E-state index contributed by atoms with van der Waals surface area (Å²) in [5, 5.41) is 3.38. The second-order valence-electron chi connectivity index (χ2n) is 8.96. The Kier molecular flexibility index (Phi) is 7.90. The van der Waals surface area contributed by atoms with Crippen LogP contribution in [0.5, 0.6) is 5.75 Å². The molecule has 0 atom stereocenters. The van der Waals surface area contributed by atoms with Crippen LogP contribution >= 0.6 is 23.2 Å². The molecule has 1 aliphatic rings. The van der Waals surface area contributed by atoms with Crippen molar-refractivity contribution in [3.8, 4) is 11.4 Å². The van der Waals surface area contributed by atoms with Crippen LogP contribution in [-0.2, 0) is 19.6 Å². The van der Waals surface area contributed by atoms with E-state index >= 15 is 0 Å². The van der Waals surface area contributed by atoms with E-state index in [1.54, 1.807) is 6.07 Å². The van der Waals surface area contributed by atoms with E-state index in [1.807, 2.05) is 30.3 Å². The smallest absolute Gasteiger partial charge is 0.387 e. The number of carbonyl (C=O) groups is 2. The highest BCUT2D eigenvalue weighted by Gasteiger charge is 2.32. The number of hydrogen-bond acceptors (Lipinski definition) is 4. The van der Waals surface area contributed by atoms with Crippen LogP contribution in [0.1, 0.15) is 32.1 Å². The van der Waals surface area contributed by atoms with Crippen molar-refractivity contribution in [1.29, 1.82) is 0 Å². The molecule has 3 aromatic carbocycles. The molecule has 1 aliphatic heterocycles. The summed E-state index contributed by atoms with van der Waals surface area (Å²) in [4.78, 5) is 42.0. The Hall–Kier alpha value is -4.15. The SMILES string of the molecule is O=C(NCc1ccccc1)c1c2n(c(=O)n1-c1ccc(OC(F)F)cc1)CCN(C(=O)c1ccc(Cl)c(Cl)c1)C2. The Morgan fingerprint density at radius 2 is 1.68 bits per heavy atom. The largest absolute Gasteiger partial charge is 0.435 e. The monoisotopic (exact) mass is 586 g/mol. The van der Waals surface area contributed by atoms with Crippen molar-refractivity contribution in [3.63, 3.8) is 0 Å². The molecule has 0 bridgehead atoms. The van der Waals surface area contributed by atoms with Gasteiger partial charge in [-0.3, -0.25) is 18.7 Å². The van der Waals surface area contributed by atoms with Crippen LogP contribution in [-0.4, -0.2) is 39.0 Å². The third kappa shape index (κ3) is 5.59. The molecule has 1 aromatic heterocycles. The van der Waals surface area contributed by atoms with Gasteiger partial charge in [0.2, 0.25) is 0 Å². The standard InChI is InChI=1S/C28H22Cl2F2N4O4/c29-21-11-6-18(14-22(21)30)26(38)34-12-13-35-23(16-34)24(25(37)33-15-17-4-2-1-3-5-17)36(28(35)39)19-7-9-20(10-8-19)40-27(31)32/h1-11,14,27H,12-13,15-16H2,(H,33,37). The molecule has 0 aliphatic carbocycles. The van der Waals surface area contributed by atoms with E-state index < -0.39 is 18.2 Å². The molecule has 1 N–H and O–H groups in total. The maximum atomic E-state index is 13.6. The molecular weight excluding hydrogens is 565 g/mol. The first-order chi connectivity index (χ1) is 19.2. The van der Waals surface area contributed by atoms with Crippen LogP contribution in [0.3, 0.4) is 0 Å². The zero-order chi connectivity index (χ0) is 28.4. The van der Waals surface area contributed by atoms with Crippen LogP contribution in [0.15, 0.2) is 77.6 Å². The van der Waals surface area contributed by atoms with Gasteiger partial charge >= 0.3 is 12.3 Å². The quantitative estimate of drug-likeness (QED) is 0.325. The van der Waals surface area contributed by atoms with Gasteiger partial charge in [-0.25, -0.2) is 4.79 Å². The summed E-state index contributed by atoms with van der Waals surface area (Å²) in [7, 11) is 0. The summed E-state index contributed by atoms with van der Waals surface area (Å²) in [6, 6.07) is 19.2. The van der Waals surface area contributed by atoms with Crippen LogP contribution in [0.25, 0.3) is 5.69 Å². The number of halogens is 4. The Balaban J connectivity index is 1.53. The van der Waals surface area contributed by atoms with Gasteiger partial charge in [-0.05, 0) is 48.0 Å². The first kappa shape index (κ1) is 27.4. The lowest BCUT2D eigenvalue weighted by molar-refractivity contribution is -0.0498. The number of hydrogen-bond donors (Lipinski definition) is 1. The topological polar surface area (TPSA) is 85.6 Å². The summed E-state index contributed by atoms with van der Waals surface area (Å²) in [6.45, 7) is -2.48. The molecule has 40 heavy (non-hydrogen) atoms. The zero-order valence-electron chi connectivity index (χ0n) is 20.8. The molecule has 8 nitrogen and oxygen atoms in total. The molecule has 0 fully saturated rings. The van der Waals surface area contributed by atoms with E-state index in [2.05, 4.69) is 10.1 Å². The van der Waals surface area contributed by atoms with Crippen molar-refractivity contribution in [2.75, 3.05) is 6.54 Å². The summed E-state index contributed by atoms with van der Waals surface area (Å²) >= 11 is 12.1. The average Bonchev–Trinajstić information content (AvgIpc) is 3.25. The number of carbonyl (C=O) groups excluding carboxylic acids is 2. The van der Waals surface area contributed by atoms with Crippen molar-refractivity contribution in [2.24, 2.45) is 0 Å². The molecule has 2 heterocycles. The van der Waals surface area contributed by atoms with Crippen molar-refractivity contribution in [2.45, 2.75) is 26.2 Å². The Labute approximate surface area is 237 Å². The number of benzene rings is 3.